The zero-order valence-electron chi connectivity index (χ0n) is 8.84. The molecule has 0 amide bonds. The molecule has 0 atom stereocenters. The van der Waals surface area contributed by atoms with E-state index >= 15 is 0 Å². The Morgan fingerprint density at radius 3 is 2.71 bits per heavy atom. The monoisotopic (exact) mass is 351 g/mol. The van der Waals surface area contributed by atoms with Gasteiger partial charge in [0.25, 0.3) is 6.43 Å². The molecule has 0 spiro atoms. The van der Waals surface area contributed by atoms with Gasteiger partial charge in [0.05, 0.1) is 17.7 Å². The van der Waals surface area contributed by atoms with Gasteiger partial charge in [-0.1, -0.05) is 0 Å². The highest BCUT2D eigenvalue weighted by molar-refractivity contribution is 14.1. The summed E-state index contributed by atoms with van der Waals surface area (Å²) < 4.78 is 30.8. The SMILES string of the molecule is CCOC(=O)c1c(C#N)cc(I)cc1C(F)F. The Balaban J connectivity index is 3.43. The van der Waals surface area contributed by atoms with Gasteiger partial charge in [0.2, 0.25) is 0 Å². The third-order valence-corrected chi connectivity index (χ3v) is 2.59. The van der Waals surface area contributed by atoms with E-state index in [1.54, 1.807) is 13.0 Å². The summed E-state index contributed by atoms with van der Waals surface area (Å²) >= 11 is 1.81. The highest BCUT2D eigenvalue weighted by Gasteiger charge is 2.23. The fourth-order valence-electron chi connectivity index (χ4n) is 1.32. The molecule has 0 N–H and O–H groups in total. The Morgan fingerprint density at radius 2 is 2.24 bits per heavy atom. The lowest BCUT2D eigenvalue weighted by atomic mass is 10.0. The zero-order chi connectivity index (χ0) is 13.0. The van der Waals surface area contributed by atoms with Crippen LogP contribution in [0, 0.1) is 14.9 Å². The third kappa shape index (κ3) is 3.12. The number of ether oxygens (including phenoxy) is 1. The summed E-state index contributed by atoms with van der Waals surface area (Å²) in [5, 5.41) is 8.86. The smallest absolute Gasteiger partial charge is 0.339 e. The zero-order valence-corrected chi connectivity index (χ0v) is 11.0. The molecule has 0 bridgehead atoms. The molecule has 6 heteroatoms. The van der Waals surface area contributed by atoms with Crippen LogP contribution >= 0.6 is 22.6 Å². The van der Waals surface area contributed by atoms with Crippen molar-refractivity contribution in [2.45, 2.75) is 13.3 Å². The van der Waals surface area contributed by atoms with E-state index in [1.165, 1.54) is 12.1 Å². The predicted octanol–water partition coefficient (Wildman–Crippen LogP) is 3.28. The van der Waals surface area contributed by atoms with Gasteiger partial charge in [0.15, 0.2) is 0 Å². The van der Waals surface area contributed by atoms with Crippen LogP contribution in [0.25, 0.3) is 0 Å². The highest BCUT2D eigenvalue weighted by atomic mass is 127. The lowest BCUT2D eigenvalue weighted by Crippen LogP contribution is -2.11. The maximum absolute atomic E-state index is 12.8. The van der Waals surface area contributed by atoms with Gasteiger partial charge < -0.3 is 4.74 Å². The Kier molecular flexibility index (Phi) is 4.81. The molecule has 0 heterocycles. The lowest BCUT2D eigenvalue weighted by Gasteiger charge is -2.10. The normalized spacial score (nSPS) is 10.1. The van der Waals surface area contributed by atoms with Crippen molar-refractivity contribution < 1.29 is 18.3 Å². The Labute approximate surface area is 111 Å². The van der Waals surface area contributed by atoms with Crippen molar-refractivity contribution in [3.63, 3.8) is 0 Å². The molecule has 1 aromatic carbocycles. The summed E-state index contributed by atoms with van der Waals surface area (Å²) in [6, 6.07) is 4.28. The molecule has 0 aliphatic carbocycles. The lowest BCUT2D eigenvalue weighted by molar-refractivity contribution is 0.0515. The molecule has 0 unspecified atom stereocenters. The summed E-state index contributed by atoms with van der Waals surface area (Å²) in [5.74, 6) is -0.893. The maximum atomic E-state index is 12.8. The number of alkyl halides is 2. The first-order valence-corrected chi connectivity index (χ1v) is 5.78. The Morgan fingerprint density at radius 1 is 1.59 bits per heavy atom. The van der Waals surface area contributed by atoms with Gasteiger partial charge in [-0.2, -0.15) is 5.26 Å². The average molecular weight is 351 g/mol. The topological polar surface area (TPSA) is 50.1 Å². The van der Waals surface area contributed by atoms with E-state index in [1.807, 2.05) is 22.6 Å². The van der Waals surface area contributed by atoms with E-state index in [-0.39, 0.29) is 17.7 Å². The molecule has 0 saturated carbocycles. The second-order valence-corrected chi connectivity index (χ2v) is 4.30. The number of nitrogens with zero attached hydrogens (tertiary/aromatic N) is 1. The predicted molar refractivity (Wildman–Crippen MR) is 64.8 cm³/mol. The van der Waals surface area contributed by atoms with E-state index in [2.05, 4.69) is 4.74 Å². The molecule has 3 nitrogen and oxygen atoms in total. The molecule has 0 aliphatic rings. The minimum atomic E-state index is -2.82. The van der Waals surface area contributed by atoms with Crippen molar-refractivity contribution in [3.05, 3.63) is 32.4 Å². The van der Waals surface area contributed by atoms with Crippen molar-refractivity contribution >= 4 is 28.6 Å². The Bertz CT molecular complexity index is 483. The number of carbonyl (C=O) groups is 1. The van der Waals surface area contributed by atoms with Gasteiger partial charge in [-0.15, -0.1) is 0 Å². The van der Waals surface area contributed by atoms with E-state index in [0.29, 0.717) is 3.57 Å². The molecule has 0 saturated heterocycles. The van der Waals surface area contributed by atoms with Crippen molar-refractivity contribution in [3.8, 4) is 6.07 Å². The molecule has 0 aliphatic heterocycles. The number of esters is 1. The quantitative estimate of drug-likeness (QED) is 0.620. The number of nitriles is 1. The standard InChI is InChI=1S/C11H8F2INO2/c1-2-17-11(16)9-6(5-15)3-7(14)4-8(9)10(12)13/h3-4,10H,2H2,1H3. The van der Waals surface area contributed by atoms with E-state index in [0.717, 1.165) is 0 Å². The van der Waals surface area contributed by atoms with Crippen LogP contribution in [0.15, 0.2) is 12.1 Å². The second kappa shape index (κ2) is 5.91. The van der Waals surface area contributed by atoms with E-state index in [4.69, 9.17) is 5.26 Å². The maximum Gasteiger partial charge on any atom is 0.339 e. The van der Waals surface area contributed by atoms with Gasteiger partial charge in [0, 0.05) is 9.13 Å². The van der Waals surface area contributed by atoms with Crippen molar-refractivity contribution in [1.29, 1.82) is 5.26 Å². The molecule has 17 heavy (non-hydrogen) atoms. The van der Waals surface area contributed by atoms with E-state index < -0.39 is 18.0 Å². The van der Waals surface area contributed by atoms with Crippen molar-refractivity contribution in [2.75, 3.05) is 6.61 Å². The number of benzene rings is 1. The van der Waals surface area contributed by atoms with Crippen LogP contribution in [0.2, 0.25) is 0 Å². The number of carbonyl (C=O) groups excluding carboxylic acids is 1. The fraction of sp³-hybridized carbons (Fsp3) is 0.273. The minimum absolute atomic E-state index is 0.0678. The van der Waals surface area contributed by atoms with Crippen LogP contribution in [-0.2, 0) is 4.74 Å². The van der Waals surface area contributed by atoms with Crippen LogP contribution in [0.4, 0.5) is 8.78 Å². The average Bonchev–Trinajstić information content (AvgIpc) is 2.27. The summed E-state index contributed by atoms with van der Waals surface area (Å²) in [7, 11) is 0. The van der Waals surface area contributed by atoms with Gasteiger partial charge in [-0.3, -0.25) is 0 Å². The van der Waals surface area contributed by atoms with Crippen molar-refractivity contribution in [1.82, 2.24) is 0 Å². The third-order valence-electron chi connectivity index (χ3n) is 1.97. The number of halogens is 3. The van der Waals surface area contributed by atoms with Gasteiger partial charge >= 0.3 is 5.97 Å². The number of hydrogen-bond acceptors (Lipinski definition) is 3. The van der Waals surface area contributed by atoms with Crippen molar-refractivity contribution in [2.24, 2.45) is 0 Å². The van der Waals surface area contributed by atoms with Gasteiger partial charge in [-0.05, 0) is 41.6 Å². The number of rotatable bonds is 3. The largest absolute Gasteiger partial charge is 0.462 e. The summed E-state index contributed by atoms with van der Waals surface area (Å²) in [4.78, 5) is 11.6. The van der Waals surface area contributed by atoms with Gasteiger partial charge in [-0.25, -0.2) is 13.6 Å². The molecule has 0 radical (unpaired) electrons. The molecule has 1 aromatic rings. The first-order chi connectivity index (χ1) is 8.01. The molecule has 1 rings (SSSR count). The first-order valence-electron chi connectivity index (χ1n) is 4.70. The second-order valence-electron chi connectivity index (χ2n) is 3.05. The summed E-state index contributed by atoms with van der Waals surface area (Å²) in [5.41, 5.74) is -0.901. The Hall–Kier alpha value is -1.23. The van der Waals surface area contributed by atoms with E-state index in [9.17, 15) is 13.6 Å². The molecule has 0 aromatic heterocycles. The van der Waals surface area contributed by atoms with Crippen LogP contribution in [0.3, 0.4) is 0 Å². The fourth-order valence-corrected chi connectivity index (χ4v) is 1.97. The molecule has 90 valence electrons. The minimum Gasteiger partial charge on any atom is -0.462 e. The molecule has 0 fully saturated rings. The highest BCUT2D eigenvalue weighted by Crippen LogP contribution is 2.28. The number of hydrogen-bond donors (Lipinski definition) is 0. The molecular weight excluding hydrogens is 343 g/mol. The van der Waals surface area contributed by atoms with Crippen LogP contribution in [-0.4, -0.2) is 12.6 Å². The van der Waals surface area contributed by atoms with Crippen LogP contribution < -0.4 is 0 Å². The summed E-state index contributed by atoms with van der Waals surface area (Å²) in [6.45, 7) is 1.64. The first kappa shape index (κ1) is 13.8. The molecular formula is C11H8F2INO2. The van der Waals surface area contributed by atoms with Gasteiger partial charge in [0.1, 0.15) is 6.07 Å². The summed E-state index contributed by atoms with van der Waals surface area (Å²) in [6.07, 6.45) is -2.82. The van der Waals surface area contributed by atoms with Crippen LogP contribution in [0.1, 0.15) is 34.8 Å². The van der Waals surface area contributed by atoms with Crippen LogP contribution in [0.5, 0.6) is 0 Å².